The number of carbonyl (C=O) groups is 2. The molecule has 1 aromatic heterocycles. The Balaban J connectivity index is 1.64. The molecule has 1 unspecified atom stereocenters. The van der Waals surface area contributed by atoms with E-state index in [0.717, 1.165) is 16.3 Å². The highest BCUT2D eigenvalue weighted by Gasteiger charge is 2.38. The summed E-state index contributed by atoms with van der Waals surface area (Å²) in [6, 6.07) is 6.95. The van der Waals surface area contributed by atoms with Crippen molar-refractivity contribution in [2.75, 3.05) is 13.2 Å². The number of alkyl carbamates (subject to hydrolysis) is 1. The Morgan fingerprint density at radius 3 is 2.61 bits per heavy atom. The summed E-state index contributed by atoms with van der Waals surface area (Å²) in [6.45, 7) is 4.51. The van der Waals surface area contributed by atoms with Gasteiger partial charge in [-0.25, -0.2) is 9.59 Å². The first-order valence-corrected chi connectivity index (χ1v) is 11.4. The molecule has 1 saturated heterocycles. The van der Waals surface area contributed by atoms with Gasteiger partial charge in [0, 0.05) is 11.4 Å². The summed E-state index contributed by atoms with van der Waals surface area (Å²) in [5.74, 6) is -1.91. The number of hydrogen-bond donors (Lipinski definition) is 2. The molecule has 0 bridgehead atoms. The second-order valence-electron chi connectivity index (χ2n) is 9.02. The van der Waals surface area contributed by atoms with Gasteiger partial charge >= 0.3 is 17.8 Å². The van der Waals surface area contributed by atoms with Crippen LogP contribution >= 0.6 is 11.6 Å². The SMILES string of the molecule is CC(C)(C)OC(=O)NCC(=O)OC[C@@H]1O[C@H](n2cc(F)c(=O)[nH]c2=O)CC1OCc1ccc(Cl)cc1. The number of nitrogens with one attached hydrogen (secondary N) is 2. The molecule has 3 atom stereocenters. The molecule has 2 N–H and O–H groups in total. The quantitative estimate of drug-likeness (QED) is 0.499. The summed E-state index contributed by atoms with van der Waals surface area (Å²) in [4.78, 5) is 49.3. The minimum Gasteiger partial charge on any atom is -0.461 e. The third-order valence-corrected chi connectivity index (χ3v) is 5.23. The van der Waals surface area contributed by atoms with Gasteiger partial charge in [0.1, 0.15) is 31.1 Å². The number of aromatic amines is 1. The lowest BCUT2D eigenvalue weighted by Gasteiger charge is -2.20. The van der Waals surface area contributed by atoms with Gasteiger partial charge < -0.3 is 24.3 Å². The van der Waals surface area contributed by atoms with Gasteiger partial charge in [0.25, 0.3) is 5.56 Å². The number of H-pyrrole nitrogens is 1. The van der Waals surface area contributed by atoms with E-state index in [1.165, 1.54) is 0 Å². The van der Waals surface area contributed by atoms with Crippen LogP contribution in [-0.2, 0) is 30.3 Å². The molecule has 36 heavy (non-hydrogen) atoms. The van der Waals surface area contributed by atoms with Crippen molar-refractivity contribution in [1.29, 1.82) is 0 Å². The molecule has 1 aliphatic rings. The second kappa shape index (κ2) is 11.7. The normalized spacial score (nSPS) is 19.6. The molecule has 3 rings (SSSR count). The third kappa shape index (κ3) is 7.90. The Bertz CT molecular complexity index is 1190. The lowest BCUT2D eigenvalue weighted by atomic mass is 10.1. The molecule has 2 aromatic rings. The highest BCUT2D eigenvalue weighted by molar-refractivity contribution is 6.30. The molecule has 2 heterocycles. The first-order valence-electron chi connectivity index (χ1n) is 11.1. The van der Waals surface area contributed by atoms with Crippen LogP contribution in [0.3, 0.4) is 0 Å². The molecule has 0 radical (unpaired) electrons. The highest BCUT2D eigenvalue weighted by atomic mass is 35.5. The molecule has 11 nitrogen and oxygen atoms in total. The fourth-order valence-electron chi connectivity index (χ4n) is 3.34. The number of halogens is 2. The van der Waals surface area contributed by atoms with E-state index in [-0.39, 0.29) is 19.6 Å². The van der Waals surface area contributed by atoms with Gasteiger partial charge in [-0.1, -0.05) is 23.7 Å². The fourth-order valence-corrected chi connectivity index (χ4v) is 3.47. The number of nitrogens with zero attached hydrogens (tertiary/aromatic N) is 1. The predicted octanol–water partition coefficient (Wildman–Crippen LogP) is 2.27. The van der Waals surface area contributed by atoms with Gasteiger partial charge in [0.2, 0.25) is 5.82 Å². The molecular weight excluding hydrogens is 501 g/mol. The van der Waals surface area contributed by atoms with Crippen LogP contribution in [0.5, 0.6) is 0 Å². The Morgan fingerprint density at radius 1 is 1.25 bits per heavy atom. The monoisotopic (exact) mass is 527 g/mol. The van der Waals surface area contributed by atoms with E-state index in [9.17, 15) is 23.6 Å². The van der Waals surface area contributed by atoms with Crippen LogP contribution < -0.4 is 16.6 Å². The van der Waals surface area contributed by atoms with Crippen molar-refractivity contribution in [2.45, 2.75) is 57.8 Å². The van der Waals surface area contributed by atoms with Crippen molar-refractivity contribution in [3.8, 4) is 0 Å². The average Bonchev–Trinajstić information content (AvgIpc) is 3.20. The molecule has 1 aromatic carbocycles. The van der Waals surface area contributed by atoms with Crippen LogP contribution in [0.1, 0.15) is 39.0 Å². The number of carbonyl (C=O) groups excluding carboxylic acids is 2. The largest absolute Gasteiger partial charge is 0.461 e. The molecular formula is C23H27ClFN3O8. The first kappa shape index (κ1) is 27.4. The van der Waals surface area contributed by atoms with Crippen LogP contribution in [0, 0.1) is 5.82 Å². The average molecular weight is 528 g/mol. The number of benzene rings is 1. The minimum absolute atomic E-state index is 0.108. The Kier molecular flexibility index (Phi) is 8.88. The minimum atomic E-state index is -1.15. The lowest BCUT2D eigenvalue weighted by Crippen LogP contribution is -2.37. The number of esters is 1. The van der Waals surface area contributed by atoms with Gasteiger partial charge in [0.05, 0.1) is 18.9 Å². The molecule has 1 fully saturated rings. The highest BCUT2D eigenvalue weighted by Crippen LogP contribution is 2.31. The fraction of sp³-hybridized carbons (Fsp3) is 0.478. The van der Waals surface area contributed by atoms with E-state index in [1.807, 2.05) is 4.98 Å². The number of ether oxygens (including phenoxy) is 4. The zero-order valence-corrected chi connectivity index (χ0v) is 20.7. The molecule has 1 amide bonds. The van der Waals surface area contributed by atoms with Crippen molar-refractivity contribution in [1.82, 2.24) is 14.9 Å². The van der Waals surface area contributed by atoms with Crippen LogP contribution in [0.4, 0.5) is 9.18 Å². The molecule has 13 heteroatoms. The summed E-state index contributed by atoms with van der Waals surface area (Å²) in [6.07, 6.45) is -2.38. The van der Waals surface area contributed by atoms with Gasteiger partial charge in [-0.05, 0) is 38.5 Å². The van der Waals surface area contributed by atoms with E-state index < -0.39 is 59.7 Å². The Hall–Kier alpha value is -3.22. The molecule has 1 aliphatic heterocycles. The van der Waals surface area contributed by atoms with E-state index in [4.69, 9.17) is 30.5 Å². The van der Waals surface area contributed by atoms with Crippen LogP contribution in [0.15, 0.2) is 40.1 Å². The maximum atomic E-state index is 13.8. The topological polar surface area (TPSA) is 138 Å². The van der Waals surface area contributed by atoms with E-state index in [0.29, 0.717) is 5.02 Å². The standard InChI is InChI=1S/C23H27ClFN3O8/c1-23(2,3)36-22(32)26-9-19(29)34-12-17-16(33-11-13-4-6-14(24)7-5-13)8-18(35-17)28-10-15(25)20(30)27-21(28)31/h4-7,10,16-18H,8-9,11-12H2,1-3H3,(H,26,32)(H,27,30,31)/t16?,17-,18-/m0/s1. The predicted molar refractivity (Wildman–Crippen MR) is 125 cm³/mol. The zero-order valence-electron chi connectivity index (χ0n) is 19.9. The van der Waals surface area contributed by atoms with Crippen molar-refractivity contribution in [3.63, 3.8) is 0 Å². The van der Waals surface area contributed by atoms with Gasteiger partial charge in [-0.3, -0.25) is 19.1 Å². The zero-order chi connectivity index (χ0) is 26.5. The van der Waals surface area contributed by atoms with Gasteiger partial charge in [0.15, 0.2) is 0 Å². The number of hydrogen-bond acceptors (Lipinski definition) is 8. The number of aromatic nitrogens is 2. The molecule has 0 saturated carbocycles. The van der Waals surface area contributed by atoms with Crippen LogP contribution in [-0.4, -0.2) is 52.6 Å². The van der Waals surface area contributed by atoms with Crippen LogP contribution in [0.2, 0.25) is 5.02 Å². The Morgan fingerprint density at radius 2 is 1.94 bits per heavy atom. The summed E-state index contributed by atoms with van der Waals surface area (Å²) in [7, 11) is 0. The number of rotatable bonds is 8. The lowest BCUT2D eigenvalue weighted by molar-refractivity contribution is -0.150. The molecule has 0 spiro atoms. The summed E-state index contributed by atoms with van der Waals surface area (Å²) in [5, 5.41) is 2.85. The van der Waals surface area contributed by atoms with Crippen LogP contribution in [0.25, 0.3) is 0 Å². The van der Waals surface area contributed by atoms with Gasteiger partial charge in [-0.15, -0.1) is 0 Å². The summed E-state index contributed by atoms with van der Waals surface area (Å²) in [5.41, 5.74) is -1.92. The van der Waals surface area contributed by atoms with Crippen molar-refractivity contribution in [2.24, 2.45) is 0 Å². The Labute approximate surface area is 210 Å². The summed E-state index contributed by atoms with van der Waals surface area (Å²) < 4.78 is 36.7. The van der Waals surface area contributed by atoms with E-state index in [1.54, 1.807) is 45.0 Å². The van der Waals surface area contributed by atoms with Gasteiger partial charge in [-0.2, -0.15) is 4.39 Å². The molecule has 0 aliphatic carbocycles. The molecule has 196 valence electrons. The van der Waals surface area contributed by atoms with Crippen molar-refractivity contribution >= 4 is 23.7 Å². The second-order valence-corrected chi connectivity index (χ2v) is 9.46. The summed E-state index contributed by atoms with van der Waals surface area (Å²) >= 11 is 5.90. The number of amides is 1. The maximum Gasteiger partial charge on any atom is 0.408 e. The smallest absolute Gasteiger partial charge is 0.408 e. The first-order chi connectivity index (χ1) is 16.9. The maximum absolute atomic E-state index is 13.8. The van der Waals surface area contributed by atoms with Crippen molar-refractivity contribution in [3.05, 3.63) is 67.7 Å². The van der Waals surface area contributed by atoms with Crippen molar-refractivity contribution < 1.29 is 32.9 Å². The van der Waals surface area contributed by atoms with E-state index in [2.05, 4.69) is 5.32 Å². The third-order valence-electron chi connectivity index (χ3n) is 4.98. The van der Waals surface area contributed by atoms with E-state index >= 15 is 0 Å².